The van der Waals surface area contributed by atoms with E-state index in [4.69, 9.17) is 4.74 Å². The molecule has 0 radical (unpaired) electrons. The zero-order valence-corrected chi connectivity index (χ0v) is 20.8. The first-order chi connectivity index (χ1) is 17.9. The molecule has 1 fully saturated rings. The summed E-state index contributed by atoms with van der Waals surface area (Å²) in [5.41, 5.74) is 3.41. The molecule has 5 rings (SSSR count). The van der Waals surface area contributed by atoms with E-state index in [9.17, 15) is 14.4 Å². The van der Waals surface area contributed by atoms with Crippen molar-refractivity contribution in [3.63, 3.8) is 0 Å². The number of methoxy groups -OCH3 is 1. The third-order valence-corrected chi connectivity index (χ3v) is 6.63. The van der Waals surface area contributed by atoms with E-state index in [2.05, 4.69) is 19.9 Å². The van der Waals surface area contributed by atoms with E-state index < -0.39 is 11.7 Å². The van der Waals surface area contributed by atoms with Gasteiger partial charge in [0, 0.05) is 60.8 Å². The Bertz CT molecular complexity index is 1500. The lowest BCUT2D eigenvalue weighted by Gasteiger charge is -2.39. The molecule has 37 heavy (non-hydrogen) atoms. The highest BCUT2D eigenvalue weighted by molar-refractivity contribution is 6.45. The number of rotatable bonds is 5. The average Bonchev–Trinajstić information content (AvgIpc) is 3.36. The summed E-state index contributed by atoms with van der Waals surface area (Å²) in [6.45, 7) is 4.66. The molecule has 1 N–H and O–H groups in total. The first-order valence-corrected chi connectivity index (χ1v) is 11.9. The van der Waals surface area contributed by atoms with Crippen molar-refractivity contribution in [2.45, 2.75) is 19.9 Å². The van der Waals surface area contributed by atoms with E-state index in [1.165, 1.54) is 13.3 Å². The van der Waals surface area contributed by atoms with E-state index in [0.717, 1.165) is 0 Å². The number of hydrogen-bond acceptors (Lipinski definition) is 7. The molecule has 4 aromatic rings. The van der Waals surface area contributed by atoms with Crippen molar-refractivity contribution in [1.29, 1.82) is 0 Å². The fraction of sp³-hybridized carbons (Fsp3) is 0.259. The molecule has 0 unspecified atom stereocenters. The molecule has 10 heteroatoms. The van der Waals surface area contributed by atoms with Crippen LogP contribution in [0.15, 0.2) is 55.0 Å². The molecule has 0 spiro atoms. The molecule has 10 nitrogen and oxygen atoms in total. The Morgan fingerprint density at radius 3 is 2.57 bits per heavy atom. The first-order valence-electron chi connectivity index (χ1n) is 11.9. The van der Waals surface area contributed by atoms with Gasteiger partial charge in [-0.05, 0) is 32.0 Å². The quantitative estimate of drug-likeness (QED) is 0.332. The minimum Gasteiger partial charge on any atom is -0.467 e. The number of piperazine rings is 1. The zero-order chi connectivity index (χ0) is 26.1. The van der Waals surface area contributed by atoms with Crippen LogP contribution >= 0.6 is 0 Å². The van der Waals surface area contributed by atoms with Gasteiger partial charge in [-0.25, -0.2) is 4.98 Å². The van der Waals surface area contributed by atoms with Crippen LogP contribution in [0.4, 0.5) is 0 Å². The number of carbonyl (C=O) groups excluding carboxylic acids is 3. The summed E-state index contributed by atoms with van der Waals surface area (Å²) in [6.07, 6.45) is 4.75. The summed E-state index contributed by atoms with van der Waals surface area (Å²) in [4.78, 5) is 58.8. The molecule has 4 heterocycles. The molecule has 2 amide bonds. The van der Waals surface area contributed by atoms with Crippen molar-refractivity contribution in [3.05, 3.63) is 71.8 Å². The number of amides is 2. The summed E-state index contributed by atoms with van der Waals surface area (Å²) in [7, 11) is 1.50. The maximum atomic E-state index is 13.3. The van der Waals surface area contributed by atoms with Crippen LogP contribution in [0.2, 0.25) is 0 Å². The monoisotopic (exact) mass is 498 g/mol. The summed E-state index contributed by atoms with van der Waals surface area (Å²) in [6, 6.07) is 10.7. The lowest BCUT2D eigenvalue weighted by Crippen LogP contribution is -2.56. The lowest BCUT2D eigenvalue weighted by atomic mass is 10.0. The number of ether oxygens (including phenoxy) is 1. The van der Waals surface area contributed by atoms with Crippen LogP contribution in [0.3, 0.4) is 0 Å². The number of hydrogen-bond donors (Lipinski definition) is 1. The second kappa shape index (κ2) is 9.81. The lowest BCUT2D eigenvalue weighted by molar-refractivity contribution is -0.130. The summed E-state index contributed by atoms with van der Waals surface area (Å²) < 4.78 is 5.08. The molecular formula is C27H26N6O4. The van der Waals surface area contributed by atoms with Gasteiger partial charge in [0.2, 0.25) is 0 Å². The van der Waals surface area contributed by atoms with E-state index in [-0.39, 0.29) is 30.1 Å². The van der Waals surface area contributed by atoms with Crippen LogP contribution in [0.5, 0.6) is 6.01 Å². The number of nitrogens with one attached hydrogen (secondary N) is 1. The van der Waals surface area contributed by atoms with Crippen LogP contribution in [-0.4, -0.2) is 80.1 Å². The van der Waals surface area contributed by atoms with Gasteiger partial charge in [-0.2, -0.15) is 4.98 Å². The van der Waals surface area contributed by atoms with Crippen molar-refractivity contribution < 1.29 is 19.1 Å². The molecule has 0 saturated carbocycles. The van der Waals surface area contributed by atoms with Gasteiger partial charge in [0.15, 0.2) is 0 Å². The summed E-state index contributed by atoms with van der Waals surface area (Å²) in [5, 5.41) is 0.587. The molecule has 0 aliphatic carbocycles. The highest BCUT2D eigenvalue weighted by atomic mass is 16.5. The minimum atomic E-state index is -0.610. The van der Waals surface area contributed by atoms with E-state index >= 15 is 0 Å². The van der Waals surface area contributed by atoms with Gasteiger partial charge in [-0.3, -0.25) is 19.4 Å². The molecule has 1 aromatic carbocycles. The predicted molar refractivity (Wildman–Crippen MR) is 136 cm³/mol. The van der Waals surface area contributed by atoms with Gasteiger partial charge < -0.3 is 19.5 Å². The number of ketones is 1. The second-order valence-electron chi connectivity index (χ2n) is 8.93. The number of Topliss-reactive ketones (excluding diaryl/α,β-unsaturated/α-hetero) is 1. The van der Waals surface area contributed by atoms with Crippen LogP contribution in [0.1, 0.15) is 33.3 Å². The molecule has 3 aromatic heterocycles. The Hall–Kier alpha value is -4.60. The Morgan fingerprint density at radius 2 is 1.86 bits per heavy atom. The number of aryl methyl sites for hydroxylation is 1. The number of H-pyrrole nitrogens is 1. The highest BCUT2D eigenvalue weighted by Crippen LogP contribution is 2.30. The smallest absolute Gasteiger partial charge is 0.316 e. The van der Waals surface area contributed by atoms with Crippen LogP contribution in [-0.2, 0) is 4.79 Å². The second-order valence-corrected chi connectivity index (χ2v) is 8.93. The topological polar surface area (TPSA) is 121 Å². The number of fused-ring (bicyclic) bond motifs is 1. The highest BCUT2D eigenvalue weighted by Gasteiger charge is 2.34. The fourth-order valence-electron chi connectivity index (χ4n) is 4.68. The average molecular weight is 499 g/mol. The maximum absolute atomic E-state index is 13.3. The number of nitrogens with zero attached hydrogens (tertiary/aromatic N) is 5. The SMILES string of the molecule is COc1ncc(-c2nccc3c(C(=O)C(=O)N4CCN(C(=O)c5ccccc5)C[C@H]4C)c[nH]c23)c(C)n1. The summed E-state index contributed by atoms with van der Waals surface area (Å²) >= 11 is 0. The van der Waals surface area contributed by atoms with Crippen molar-refractivity contribution in [2.24, 2.45) is 0 Å². The van der Waals surface area contributed by atoms with Crippen molar-refractivity contribution in [3.8, 4) is 17.3 Å². The normalized spacial score (nSPS) is 15.6. The molecule has 1 aliphatic heterocycles. The largest absolute Gasteiger partial charge is 0.467 e. The van der Waals surface area contributed by atoms with Crippen molar-refractivity contribution in [2.75, 3.05) is 26.7 Å². The van der Waals surface area contributed by atoms with Crippen LogP contribution in [0.25, 0.3) is 22.2 Å². The molecule has 1 atom stereocenters. The van der Waals surface area contributed by atoms with Crippen LogP contribution in [0, 0.1) is 6.92 Å². The van der Waals surface area contributed by atoms with Gasteiger partial charge in [-0.1, -0.05) is 18.2 Å². The van der Waals surface area contributed by atoms with Crippen molar-refractivity contribution in [1.82, 2.24) is 29.7 Å². The van der Waals surface area contributed by atoms with Gasteiger partial charge in [0.05, 0.1) is 29.6 Å². The Kier molecular flexibility index (Phi) is 6.39. The molecule has 1 aliphatic rings. The standard InChI is InChI=1S/C27H26N6O4/c1-16-15-32(25(35)18-7-5-4-6-8-18)11-12-33(16)26(36)24(34)21-14-29-22-19(21)9-10-28-23(22)20-13-30-27(37-3)31-17(20)2/h4-10,13-14,16,29H,11-12,15H2,1-3H3/t16-/m1/s1. The van der Waals surface area contributed by atoms with Gasteiger partial charge in [-0.15, -0.1) is 0 Å². The first kappa shape index (κ1) is 24.1. The van der Waals surface area contributed by atoms with Gasteiger partial charge in [0.1, 0.15) is 0 Å². The van der Waals surface area contributed by atoms with Crippen LogP contribution < -0.4 is 4.74 Å². The fourth-order valence-corrected chi connectivity index (χ4v) is 4.68. The molecular weight excluding hydrogens is 472 g/mol. The molecule has 0 bridgehead atoms. The predicted octanol–water partition coefficient (Wildman–Crippen LogP) is 2.89. The maximum Gasteiger partial charge on any atom is 0.316 e. The number of carbonyl (C=O) groups is 3. The number of pyridine rings is 1. The van der Waals surface area contributed by atoms with Gasteiger partial charge in [0.25, 0.3) is 17.6 Å². The van der Waals surface area contributed by atoms with E-state index in [1.54, 1.807) is 40.4 Å². The number of benzene rings is 1. The van der Waals surface area contributed by atoms with Crippen molar-refractivity contribution >= 4 is 28.5 Å². The Labute approximate surface area is 213 Å². The zero-order valence-electron chi connectivity index (χ0n) is 20.8. The number of aromatic amines is 1. The summed E-state index contributed by atoms with van der Waals surface area (Å²) in [5.74, 6) is -1.29. The third kappa shape index (κ3) is 4.42. The van der Waals surface area contributed by atoms with E-state index in [0.29, 0.717) is 46.5 Å². The Balaban J connectivity index is 1.36. The van der Waals surface area contributed by atoms with E-state index in [1.807, 2.05) is 32.0 Å². The molecule has 188 valence electrons. The Morgan fingerprint density at radius 1 is 1.08 bits per heavy atom. The van der Waals surface area contributed by atoms with Gasteiger partial charge >= 0.3 is 6.01 Å². The minimum absolute atomic E-state index is 0.0830. The third-order valence-electron chi connectivity index (χ3n) is 6.63. The number of aromatic nitrogens is 4. The molecule has 1 saturated heterocycles.